The molecule has 0 radical (unpaired) electrons. The van der Waals surface area contributed by atoms with Gasteiger partial charge < -0.3 is 4.42 Å². The van der Waals surface area contributed by atoms with Crippen LogP contribution >= 0.6 is 0 Å². The molecule has 4 heteroatoms. The van der Waals surface area contributed by atoms with Crippen LogP contribution in [-0.2, 0) is 0 Å². The molecule has 0 atom stereocenters. The van der Waals surface area contributed by atoms with Crippen molar-refractivity contribution in [1.29, 1.82) is 0 Å². The third kappa shape index (κ3) is 6.62. The van der Waals surface area contributed by atoms with Crippen LogP contribution in [-0.4, -0.2) is 15.0 Å². The Morgan fingerprint density at radius 2 is 0.825 bits per heavy atom. The molecule has 63 heavy (non-hydrogen) atoms. The zero-order valence-electron chi connectivity index (χ0n) is 34.1. The van der Waals surface area contributed by atoms with Gasteiger partial charge in [0.05, 0.1) is 16.9 Å². The van der Waals surface area contributed by atoms with Crippen molar-refractivity contribution >= 4 is 43.6 Å². The van der Waals surface area contributed by atoms with Crippen LogP contribution in [0.1, 0.15) is 0 Å². The number of fused-ring (bicyclic) bond motifs is 6. The standard InChI is InChI=1S/C59H37N3O/c1-3-12-38(13-4-1)41-22-29-44(30-23-41)52-37-53(45-31-24-42(25-32-45)39-14-5-2-6-15-39)61-59(60-52)46-33-27-43(28-34-46)49-19-11-20-51-55-50-18-9-10-21-54(50)63-58(55)56(62-57(49)51)48-35-26-40-16-7-8-17-47(40)36-48/h1-37H. The third-order valence-electron chi connectivity index (χ3n) is 12.1. The van der Waals surface area contributed by atoms with Crippen LogP contribution in [0.5, 0.6) is 0 Å². The van der Waals surface area contributed by atoms with Gasteiger partial charge in [-0.1, -0.05) is 206 Å². The monoisotopic (exact) mass is 803 g/mol. The summed E-state index contributed by atoms with van der Waals surface area (Å²) in [7, 11) is 0. The number of hydrogen-bond acceptors (Lipinski definition) is 4. The summed E-state index contributed by atoms with van der Waals surface area (Å²) in [6.45, 7) is 0. The molecule has 4 nitrogen and oxygen atoms in total. The molecule has 3 aromatic heterocycles. The van der Waals surface area contributed by atoms with Gasteiger partial charge in [-0.15, -0.1) is 0 Å². The molecule has 0 N–H and O–H groups in total. The van der Waals surface area contributed by atoms with E-state index in [1.807, 2.05) is 24.3 Å². The maximum atomic E-state index is 6.63. The van der Waals surface area contributed by atoms with Gasteiger partial charge in [-0.25, -0.2) is 15.0 Å². The van der Waals surface area contributed by atoms with Crippen LogP contribution < -0.4 is 0 Å². The van der Waals surface area contributed by atoms with Gasteiger partial charge in [0, 0.05) is 44.0 Å². The number of rotatable bonds is 7. The molecule has 0 saturated carbocycles. The highest BCUT2D eigenvalue weighted by Gasteiger charge is 2.20. The Labute approximate surface area is 364 Å². The van der Waals surface area contributed by atoms with Crippen molar-refractivity contribution in [1.82, 2.24) is 15.0 Å². The van der Waals surface area contributed by atoms with Crippen LogP contribution in [0.15, 0.2) is 229 Å². The van der Waals surface area contributed by atoms with E-state index < -0.39 is 0 Å². The van der Waals surface area contributed by atoms with Gasteiger partial charge in [0.1, 0.15) is 11.3 Å². The third-order valence-corrected chi connectivity index (χ3v) is 12.1. The fourth-order valence-electron chi connectivity index (χ4n) is 8.87. The number of furan rings is 1. The number of hydrogen-bond donors (Lipinski definition) is 0. The number of para-hydroxylation sites is 2. The molecule has 0 unspecified atom stereocenters. The summed E-state index contributed by atoms with van der Waals surface area (Å²) in [6, 6.07) is 78.6. The second-order valence-electron chi connectivity index (χ2n) is 16.0. The molecule has 9 aromatic carbocycles. The Bertz CT molecular complexity index is 3530. The summed E-state index contributed by atoms with van der Waals surface area (Å²) in [6.07, 6.45) is 0. The lowest BCUT2D eigenvalue weighted by Crippen LogP contribution is -1.96. The maximum absolute atomic E-state index is 6.63. The van der Waals surface area contributed by atoms with E-state index in [0.29, 0.717) is 5.82 Å². The molecular weight excluding hydrogens is 767 g/mol. The molecule has 0 aliphatic rings. The van der Waals surface area contributed by atoms with Crippen molar-refractivity contribution in [2.24, 2.45) is 0 Å². The minimum Gasteiger partial charge on any atom is -0.454 e. The zero-order valence-corrected chi connectivity index (χ0v) is 34.1. The number of benzene rings is 9. The van der Waals surface area contributed by atoms with E-state index >= 15 is 0 Å². The van der Waals surface area contributed by atoms with E-state index in [1.165, 1.54) is 16.5 Å². The zero-order chi connectivity index (χ0) is 41.7. The van der Waals surface area contributed by atoms with Gasteiger partial charge in [0.15, 0.2) is 11.4 Å². The van der Waals surface area contributed by atoms with Crippen LogP contribution in [0.3, 0.4) is 0 Å². The molecule has 294 valence electrons. The first-order valence-corrected chi connectivity index (χ1v) is 21.2. The number of pyridine rings is 1. The van der Waals surface area contributed by atoms with Crippen molar-refractivity contribution in [2.75, 3.05) is 0 Å². The summed E-state index contributed by atoms with van der Waals surface area (Å²) >= 11 is 0. The Balaban J connectivity index is 0.973. The average Bonchev–Trinajstić information content (AvgIpc) is 3.76. The van der Waals surface area contributed by atoms with Gasteiger partial charge in [0.2, 0.25) is 0 Å². The fourth-order valence-corrected chi connectivity index (χ4v) is 8.87. The maximum Gasteiger partial charge on any atom is 0.162 e. The summed E-state index contributed by atoms with van der Waals surface area (Å²) < 4.78 is 6.63. The van der Waals surface area contributed by atoms with Crippen molar-refractivity contribution in [3.8, 4) is 78.5 Å². The van der Waals surface area contributed by atoms with E-state index in [1.54, 1.807) is 0 Å². The van der Waals surface area contributed by atoms with Crippen molar-refractivity contribution in [2.45, 2.75) is 0 Å². The molecule has 12 aromatic rings. The van der Waals surface area contributed by atoms with Crippen molar-refractivity contribution in [3.63, 3.8) is 0 Å². The molecule has 0 fully saturated rings. The smallest absolute Gasteiger partial charge is 0.162 e. The van der Waals surface area contributed by atoms with E-state index in [4.69, 9.17) is 19.4 Å². The molecule has 0 bridgehead atoms. The Kier molecular flexibility index (Phi) is 8.79. The molecule has 0 spiro atoms. The second kappa shape index (κ2) is 15.2. The van der Waals surface area contributed by atoms with E-state index in [2.05, 4.69) is 200 Å². The summed E-state index contributed by atoms with van der Waals surface area (Å²) in [5.41, 5.74) is 15.9. The van der Waals surface area contributed by atoms with Crippen LogP contribution in [0, 0.1) is 0 Å². The van der Waals surface area contributed by atoms with Gasteiger partial charge in [-0.3, -0.25) is 0 Å². The van der Waals surface area contributed by atoms with Gasteiger partial charge >= 0.3 is 0 Å². The fraction of sp³-hybridized carbons (Fsp3) is 0. The normalized spacial score (nSPS) is 11.5. The van der Waals surface area contributed by atoms with Crippen LogP contribution in [0.4, 0.5) is 0 Å². The molecule has 0 aliphatic heterocycles. The number of nitrogens with zero attached hydrogens (tertiary/aromatic N) is 3. The lowest BCUT2D eigenvalue weighted by molar-refractivity contribution is 0.669. The van der Waals surface area contributed by atoms with E-state index in [-0.39, 0.29) is 0 Å². The van der Waals surface area contributed by atoms with E-state index in [0.717, 1.165) is 99.8 Å². The largest absolute Gasteiger partial charge is 0.454 e. The first kappa shape index (κ1) is 36.4. The quantitative estimate of drug-likeness (QED) is 0.161. The molecule has 3 heterocycles. The molecular formula is C59H37N3O. The van der Waals surface area contributed by atoms with Crippen molar-refractivity contribution < 1.29 is 4.42 Å². The highest BCUT2D eigenvalue weighted by Crippen LogP contribution is 2.42. The topological polar surface area (TPSA) is 51.8 Å². The first-order valence-electron chi connectivity index (χ1n) is 21.2. The van der Waals surface area contributed by atoms with Gasteiger partial charge in [-0.05, 0) is 56.8 Å². The summed E-state index contributed by atoms with van der Waals surface area (Å²) in [4.78, 5) is 15.9. The Morgan fingerprint density at radius 1 is 0.317 bits per heavy atom. The second-order valence-corrected chi connectivity index (χ2v) is 16.0. The predicted octanol–water partition coefficient (Wildman–Crippen LogP) is 15.7. The minimum absolute atomic E-state index is 0.662. The van der Waals surface area contributed by atoms with Gasteiger partial charge in [-0.2, -0.15) is 0 Å². The molecule has 0 saturated heterocycles. The first-order chi connectivity index (χ1) is 31.2. The molecule has 0 amide bonds. The summed E-state index contributed by atoms with van der Waals surface area (Å²) in [5.74, 6) is 0.662. The molecule has 0 aliphatic carbocycles. The molecule has 12 rings (SSSR count). The van der Waals surface area contributed by atoms with E-state index in [9.17, 15) is 0 Å². The SMILES string of the molecule is c1ccc(-c2ccc(-c3cc(-c4ccc(-c5ccccc5)cc4)nc(-c4ccc(-c5cccc6c5nc(-c5ccc7ccccc7c5)c5oc7ccccc7c56)cc4)n3)cc2)cc1. The van der Waals surface area contributed by atoms with Crippen LogP contribution in [0.2, 0.25) is 0 Å². The highest BCUT2D eigenvalue weighted by molar-refractivity contribution is 6.22. The lowest BCUT2D eigenvalue weighted by Gasteiger charge is -2.12. The summed E-state index contributed by atoms with van der Waals surface area (Å²) in [5, 5.41) is 5.55. The Morgan fingerprint density at radius 3 is 1.49 bits per heavy atom. The van der Waals surface area contributed by atoms with Crippen molar-refractivity contribution in [3.05, 3.63) is 224 Å². The van der Waals surface area contributed by atoms with Crippen LogP contribution in [0.25, 0.3) is 122 Å². The highest BCUT2D eigenvalue weighted by atomic mass is 16.3. The van der Waals surface area contributed by atoms with Gasteiger partial charge in [0.25, 0.3) is 0 Å². The average molecular weight is 804 g/mol. The predicted molar refractivity (Wildman–Crippen MR) is 260 cm³/mol. The number of aromatic nitrogens is 3. The minimum atomic E-state index is 0.662. The lowest BCUT2D eigenvalue weighted by atomic mass is 9.96. The Hall–Kier alpha value is -8.47.